The minimum atomic E-state index is 0.159. The molecule has 0 radical (unpaired) electrons. The molecule has 4 nitrogen and oxygen atoms in total. The molecule has 1 atom stereocenters. The molecule has 2 aromatic rings. The lowest BCUT2D eigenvalue weighted by molar-refractivity contribution is -0.136. The molecule has 0 N–H and O–H groups in total. The van der Waals surface area contributed by atoms with Crippen LogP contribution in [0.5, 0.6) is 0 Å². The van der Waals surface area contributed by atoms with Crippen LogP contribution in [0.3, 0.4) is 0 Å². The predicted octanol–water partition coefficient (Wildman–Crippen LogP) is 2.60. The van der Waals surface area contributed by atoms with Gasteiger partial charge in [-0.1, -0.05) is 18.2 Å². The van der Waals surface area contributed by atoms with Crippen LogP contribution in [0.25, 0.3) is 0 Å². The standard InChI is InChI=1S/C18H21N3OS/c22-18(14-6-7-16-17(12-14)23-13-19-16)21-10-8-20(9-11-21)15-4-2-1-3-5-15/h1-5,13-14H,6-12H2. The average molecular weight is 327 g/mol. The Morgan fingerprint density at radius 1 is 1.13 bits per heavy atom. The number of aromatic nitrogens is 1. The van der Waals surface area contributed by atoms with Crippen LogP contribution in [0.2, 0.25) is 0 Å². The van der Waals surface area contributed by atoms with Gasteiger partial charge in [-0.15, -0.1) is 11.3 Å². The van der Waals surface area contributed by atoms with E-state index in [1.165, 1.54) is 16.3 Å². The number of anilines is 1. The number of benzene rings is 1. The molecular weight excluding hydrogens is 306 g/mol. The van der Waals surface area contributed by atoms with E-state index in [9.17, 15) is 4.79 Å². The molecule has 120 valence electrons. The van der Waals surface area contributed by atoms with Crippen molar-refractivity contribution >= 4 is 22.9 Å². The number of hydrogen-bond donors (Lipinski definition) is 0. The van der Waals surface area contributed by atoms with Crippen molar-refractivity contribution in [3.05, 3.63) is 46.4 Å². The van der Waals surface area contributed by atoms with Gasteiger partial charge in [-0.05, 0) is 31.4 Å². The molecule has 23 heavy (non-hydrogen) atoms. The monoisotopic (exact) mass is 327 g/mol. The van der Waals surface area contributed by atoms with Crippen molar-refractivity contribution in [2.75, 3.05) is 31.1 Å². The van der Waals surface area contributed by atoms with Crippen molar-refractivity contribution in [1.29, 1.82) is 0 Å². The van der Waals surface area contributed by atoms with Gasteiger partial charge in [-0.25, -0.2) is 4.98 Å². The molecule has 1 saturated heterocycles. The highest BCUT2D eigenvalue weighted by atomic mass is 32.1. The SMILES string of the molecule is O=C(C1CCc2ncsc2C1)N1CCN(c2ccccc2)CC1. The molecule has 4 rings (SSSR count). The minimum Gasteiger partial charge on any atom is -0.368 e. The first-order valence-corrected chi connectivity index (χ1v) is 9.19. The summed E-state index contributed by atoms with van der Waals surface area (Å²) in [4.78, 5) is 23.0. The molecule has 1 aromatic heterocycles. The molecule has 0 bridgehead atoms. The Morgan fingerprint density at radius 3 is 2.70 bits per heavy atom. The van der Waals surface area contributed by atoms with E-state index in [1.807, 2.05) is 11.6 Å². The third kappa shape index (κ3) is 2.98. The summed E-state index contributed by atoms with van der Waals surface area (Å²) >= 11 is 1.70. The number of thiazole rings is 1. The number of carbonyl (C=O) groups excluding carboxylic acids is 1. The van der Waals surface area contributed by atoms with Crippen LogP contribution in [0.15, 0.2) is 35.8 Å². The van der Waals surface area contributed by atoms with E-state index < -0.39 is 0 Å². The smallest absolute Gasteiger partial charge is 0.226 e. The van der Waals surface area contributed by atoms with Gasteiger partial charge >= 0.3 is 0 Å². The first kappa shape index (κ1) is 14.7. The van der Waals surface area contributed by atoms with E-state index in [2.05, 4.69) is 39.0 Å². The van der Waals surface area contributed by atoms with E-state index in [0.29, 0.717) is 5.91 Å². The van der Waals surface area contributed by atoms with Gasteiger partial charge in [0.25, 0.3) is 0 Å². The summed E-state index contributed by atoms with van der Waals surface area (Å²) in [6, 6.07) is 10.5. The number of aryl methyl sites for hydroxylation is 1. The maximum Gasteiger partial charge on any atom is 0.226 e. The van der Waals surface area contributed by atoms with Gasteiger partial charge < -0.3 is 9.80 Å². The minimum absolute atomic E-state index is 0.159. The number of para-hydroxylation sites is 1. The second kappa shape index (κ2) is 6.32. The van der Waals surface area contributed by atoms with Crippen molar-refractivity contribution in [2.45, 2.75) is 19.3 Å². The van der Waals surface area contributed by atoms with Crippen LogP contribution in [-0.2, 0) is 17.6 Å². The average Bonchev–Trinajstić information content (AvgIpc) is 3.10. The Bertz CT molecular complexity index is 677. The summed E-state index contributed by atoms with van der Waals surface area (Å²) in [7, 11) is 0. The number of hydrogen-bond acceptors (Lipinski definition) is 4. The zero-order chi connectivity index (χ0) is 15.6. The second-order valence-electron chi connectivity index (χ2n) is 6.31. The highest BCUT2D eigenvalue weighted by molar-refractivity contribution is 7.09. The molecular formula is C18H21N3OS. The van der Waals surface area contributed by atoms with Crippen molar-refractivity contribution in [3.63, 3.8) is 0 Å². The Kier molecular flexibility index (Phi) is 4.04. The van der Waals surface area contributed by atoms with Crippen LogP contribution in [0.1, 0.15) is 17.0 Å². The fourth-order valence-corrected chi connectivity index (χ4v) is 4.49. The van der Waals surface area contributed by atoms with Gasteiger partial charge in [0.15, 0.2) is 0 Å². The van der Waals surface area contributed by atoms with Crippen molar-refractivity contribution in [3.8, 4) is 0 Å². The molecule has 1 unspecified atom stereocenters. The van der Waals surface area contributed by atoms with Crippen LogP contribution >= 0.6 is 11.3 Å². The number of amides is 1. The van der Waals surface area contributed by atoms with Gasteiger partial charge in [-0.3, -0.25) is 4.79 Å². The summed E-state index contributed by atoms with van der Waals surface area (Å²) < 4.78 is 0. The van der Waals surface area contributed by atoms with Crippen LogP contribution in [-0.4, -0.2) is 42.0 Å². The molecule has 1 aliphatic heterocycles. The molecule has 5 heteroatoms. The fraction of sp³-hybridized carbons (Fsp3) is 0.444. The maximum atomic E-state index is 12.8. The summed E-state index contributed by atoms with van der Waals surface area (Å²) in [5.74, 6) is 0.503. The van der Waals surface area contributed by atoms with Gasteiger partial charge in [0, 0.05) is 42.7 Å². The normalized spacial score (nSPS) is 21.1. The molecule has 1 aliphatic carbocycles. The first-order chi connectivity index (χ1) is 11.3. The molecule has 0 spiro atoms. The van der Waals surface area contributed by atoms with Crippen LogP contribution in [0.4, 0.5) is 5.69 Å². The van der Waals surface area contributed by atoms with Gasteiger partial charge in [-0.2, -0.15) is 0 Å². The molecule has 2 aliphatic rings. The van der Waals surface area contributed by atoms with Gasteiger partial charge in [0.05, 0.1) is 11.2 Å². The summed E-state index contributed by atoms with van der Waals surface area (Å²) in [5, 5.41) is 0. The molecule has 1 amide bonds. The van der Waals surface area contributed by atoms with Gasteiger partial charge in [0.1, 0.15) is 0 Å². The van der Waals surface area contributed by atoms with E-state index in [0.717, 1.165) is 45.4 Å². The number of piperazine rings is 1. The van der Waals surface area contributed by atoms with Crippen molar-refractivity contribution < 1.29 is 4.79 Å². The summed E-state index contributed by atoms with van der Waals surface area (Å²) in [5.41, 5.74) is 4.38. The molecule has 1 fully saturated rings. The maximum absolute atomic E-state index is 12.8. The second-order valence-corrected chi connectivity index (χ2v) is 7.25. The largest absolute Gasteiger partial charge is 0.368 e. The third-order valence-electron chi connectivity index (χ3n) is 4.95. The zero-order valence-corrected chi connectivity index (χ0v) is 14.0. The Hall–Kier alpha value is -1.88. The quantitative estimate of drug-likeness (QED) is 0.851. The first-order valence-electron chi connectivity index (χ1n) is 8.31. The zero-order valence-electron chi connectivity index (χ0n) is 13.1. The van der Waals surface area contributed by atoms with Crippen LogP contribution in [0, 0.1) is 5.92 Å². The highest BCUT2D eigenvalue weighted by Crippen LogP contribution is 2.29. The highest BCUT2D eigenvalue weighted by Gasteiger charge is 2.31. The van der Waals surface area contributed by atoms with Crippen molar-refractivity contribution in [2.24, 2.45) is 5.92 Å². The van der Waals surface area contributed by atoms with E-state index in [-0.39, 0.29) is 5.92 Å². The predicted molar refractivity (Wildman–Crippen MR) is 92.9 cm³/mol. The van der Waals surface area contributed by atoms with E-state index >= 15 is 0 Å². The number of rotatable bonds is 2. The lowest BCUT2D eigenvalue weighted by Gasteiger charge is -2.38. The molecule has 2 heterocycles. The Morgan fingerprint density at radius 2 is 1.91 bits per heavy atom. The number of fused-ring (bicyclic) bond motifs is 1. The number of nitrogens with zero attached hydrogens (tertiary/aromatic N) is 3. The Labute approximate surface area is 140 Å². The topological polar surface area (TPSA) is 36.4 Å². The fourth-order valence-electron chi connectivity index (χ4n) is 3.59. The third-order valence-corrected chi connectivity index (χ3v) is 5.85. The van der Waals surface area contributed by atoms with E-state index in [1.54, 1.807) is 11.3 Å². The lowest BCUT2D eigenvalue weighted by atomic mass is 9.90. The van der Waals surface area contributed by atoms with Gasteiger partial charge in [0.2, 0.25) is 5.91 Å². The molecule has 1 aromatic carbocycles. The summed E-state index contributed by atoms with van der Waals surface area (Å²) in [6.07, 6.45) is 2.80. The van der Waals surface area contributed by atoms with Crippen LogP contribution < -0.4 is 4.90 Å². The lowest BCUT2D eigenvalue weighted by Crippen LogP contribution is -2.51. The van der Waals surface area contributed by atoms with Crippen molar-refractivity contribution in [1.82, 2.24) is 9.88 Å². The number of carbonyl (C=O) groups is 1. The Balaban J connectivity index is 1.36. The molecule has 0 saturated carbocycles. The van der Waals surface area contributed by atoms with E-state index in [4.69, 9.17) is 0 Å². The summed E-state index contributed by atoms with van der Waals surface area (Å²) in [6.45, 7) is 3.52.